The third kappa shape index (κ3) is 6.58. The number of aryl methyl sites for hydroxylation is 1. The van der Waals surface area contributed by atoms with Gasteiger partial charge in [-0.1, -0.05) is 47.7 Å². The molecule has 0 aliphatic heterocycles. The highest BCUT2D eigenvalue weighted by atomic mass is 32.2. The van der Waals surface area contributed by atoms with Gasteiger partial charge in [-0.2, -0.15) is 5.10 Å². The topological polar surface area (TPSA) is 66.4 Å². The summed E-state index contributed by atoms with van der Waals surface area (Å²) < 4.78 is 0.427. The Bertz CT molecular complexity index is 687. The van der Waals surface area contributed by atoms with E-state index in [1.807, 2.05) is 49.4 Å². The Morgan fingerprint density at radius 3 is 2.78 bits per heavy atom. The number of carbonyl (C=O) groups is 1. The van der Waals surface area contributed by atoms with Crippen LogP contribution >= 0.6 is 24.0 Å². The maximum Gasteiger partial charge on any atom is 0.234 e. The first-order chi connectivity index (χ1) is 11.1. The number of hydrogen-bond acceptors (Lipinski definition) is 5. The second kappa shape index (κ2) is 9.02. The van der Waals surface area contributed by atoms with Crippen molar-refractivity contribution in [2.75, 3.05) is 11.1 Å². The Morgan fingerprint density at radius 2 is 2.09 bits per heavy atom. The number of aromatic nitrogens is 1. The van der Waals surface area contributed by atoms with Crippen molar-refractivity contribution in [1.82, 2.24) is 10.4 Å². The van der Waals surface area contributed by atoms with Gasteiger partial charge < -0.3 is 5.32 Å². The molecule has 0 spiro atoms. The number of anilines is 1. The molecule has 0 aliphatic rings. The van der Waals surface area contributed by atoms with Crippen LogP contribution in [0.5, 0.6) is 0 Å². The van der Waals surface area contributed by atoms with Crippen LogP contribution in [0.15, 0.2) is 53.8 Å². The summed E-state index contributed by atoms with van der Waals surface area (Å²) in [5, 5.41) is 6.79. The molecule has 0 saturated carbocycles. The summed E-state index contributed by atoms with van der Waals surface area (Å²) in [6.07, 6.45) is 3.25. The third-order valence-corrected chi connectivity index (χ3v) is 3.91. The first-order valence-corrected chi connectivity index (χ1v) is 8.26. The lowest BCUT2D eigenvalue weighted by atomic mass is 10.2. The van der Waals surface area contributed by atoms with Crippen molar-refractivity contribution < 1.29 is 4.79 Å². The van der Waals surface area contributed by atoms with E-state index in [-0.39, 0.29) is 11.7 Å². The fraction of sp³-hybridized carbons (Fsp3) is 0.125. The van der Waals surface area contributed by atoms with Crippen LogP contribution in [0.3, 0.4) is 0 Å². The minimum absolute atomic E-state index is 0.114. The van der Waals surface area contributed by atoms with Crippen molar-refractivity contribution in [1.29, 1.82) is 0 Å². The fourth-order valence-electron chi connectivity index (χ4n) is 1.60. The monoisotopic (exact) mass is 344 g/mol. The van der Waals surface area contributed by atoms with E-state index < -0.39 is 0 Å². The van der Waals surface area contributed by atoms with E-state index in [0.29, 0.717) is 4.32 Å². The summed E-state index contributed by atoms with van der Waals surface area (Å²) in [6.45, 7) is 2.00. The largest absolute Gasteiger partial charge is 0.325 e. The average molecular weight is 344 g/mol. The van der Waals surface area contributed by atoms with Gasteiger partial charge in [0.1, 0.15) is 0 Å². The molecular weight excluding hydrogens is 328 g/mol. The molecule has 2 aromatic rings. The standard InChI is InChI=1S/C16H16N4OS2/c1-12-5-7-13(8-6-12)19-15(21)11-23-16(22)20-18-10-14-4-2-3-9-17-14/h2-10H,11H2,1H3,(H,19,21)(H,20,22)/b18-10+. The summed E-state index contributed by atoms with van der Waals surface area (Å²) in [6, 6.07) is 13.2. The van der Waals surface area contributed by atoms with Gasteiger partial charge in [-0.3, -0.25) is 15.2 Å². The molecule has 0 bridgehead atoms. The number of nitrogens with zero attached hydrogens (tertiary/aromatic N) is 2. The highest BCUT2D eigenvalue weighted by Crippen LogP contribution is 2.10. The lowest BCUT2D eigenvalue weighted by molar-refractivity contribution is -0.113. The number of carbonyl (C=O) groups excluding carboxylic acids is 1. The fourth-order valence-corrected chi connectivity index (χ4v) is 2.28. The summed E-state index contributed by atoms with van der Waals surface area (Å²) in [7, 11) is 0. The van der Waals surface area contributed by atoms with Crippen molar-refractivity contribution in [3.63, 3.8) is 0 Å². The van der Waals surface area contributed by atoms with Gasteiger partial charge in [-0.15, -0.1) is 0 Å². The van der Waals surface area contributed by atoms with Crippen LogP contribution in [0.2, 0.25) is 0 Å². The van der Waals surface area contributed by atoms with Crippen molar-refractivity contribution in [2.24, 2.45) is 5.10 Å². The molecular formula is C16H16N4OS2. The van der Waals surface area contributed by atoms with E-state index in [9.17, 15) is 4.79 Å². The molecule has 2 rings (SSSR count). The van der Waals surface area contributed by atoms with Crippen LogP contribution in [0.1, 0.15) is 11.3 Å². The maximum atomic E-state index is 11.8. The molecule has 0 radical (unpaired) electrons. The van der Waals surface area contributed by atoms with Crippen LogP contribution < -0.4 is 10.7 Å². The van der Waals surface area contributed by atoms with Crippen molar-refractivity contribution in [3.05, 3.63) is 59.9 Å². The molecule has 23 heavy (non-hydrogen) atoms. The minimum atomic E-state index is -0.114. The second-order valence-corrected chi connectivity index (χ2v) is 6.27. The molecule has 0 unspecified atom stereocenters. The Labute approximate surface area is 144 Å². The quantitative estimate of drug-likeness (QED) is 0.496. The summed E-state index contributed by atoms with van der Waals surface area (Å²) in [5.74, 6) is 0.107. The van der Waals surface area contributed by atoms with Crippen molar-refractivity contribution in [3.8, 4) is 0 Å². The number of thiocarbonyl (C=S) groups is 1. The molecule has 2 N–H and O–H groups in total. The van der Waals surface area contributed by atoms with Crippen LogP contribution in [0.25, 0.3) is 0 Å². The van der Waals surface area contributed by atoms with Gasteiger partial charge in [0.15, 0.2) is 4.32 Å². The van der Waals surface area contributed by atoms with Gasteiger partial charge in [0, 0.05) is 11.9 Å². The molecule has 1 aromatic heterocycles. The number of amides is 1. The smallest absolute Gasteiger partial charge is 0.234 e. The van der Waals surface area contributed by atoms with Crippen LogP contribution in [-0.4, -0.2) is 27.2 Å². The molecule has 118 valence electrons. The highest BCUT2D eigenvalue weighted by molar-refractivity contribution is 8.23. The first-order valence-electron chi connectivity index (χ1n) is 6.87. The number of pyridine rings is 1. The molecule has 0 fully saturated rings. The lowest BCUT2D eigenvalue weighted by Crippen LogP contribution is -2.18. The summed E-state index contributed by atoms with van der Waals surface area (Å²) >= 11 is 6.32. The lowest BCUT2D eigenvalue weighted by Gasteiger charge is -2.05. The second-order valence-electron chi connectivity index (χ2n) is 4.61. The molecule has 0 aliphatic carbocycles. The van der Waals surface area contributed by atoms with E-state index in [1.54, 1.807) is 12.4 Å². The van der Waals surface area contributed by atoms with E-state index in [4.69, 9.17) is 12.2 Å². The Morgan fingerprint density at radius 1 is 1.30 bits per heavy atom. The number of hydrazone groups is 1. The molecule has 1 heterocycles. The minimum Gasteiger partial charge on any atom is -0.325 e. The first kappa shape index (κ1) is 17.1. The van der Waals surface area contributed by atoms with Gasteiger partial charge in [-0.25, -0.2) is 0 Å². The Hall–Kier alpha value is -2.25. The van der Waals surface area contributed by atoms with Crippen LogP contribution in [0, 0.1) is 6.92 Å². The summed E-state index contributed by atoms with van der Waals surface area (Å²) in [5.41, 5.74) is 5.35. The number of benzene rings is 1. The molecule has 1 aromatic carbocycles. The third-order valence-electron chi connectivity index (χ3n) is 2.71. The average Bonchev–Trinajstić information content (AvgIpc) is 2.56. The van der Waals surface area contributed by atoms with Gasteiger partial charge in [0.05, 0.1) is 17.7 Å². The van der Waals surface area contributed by atoms with Gasteiger partial charge in [0.2, 0.25) is 5.91 Å². The maximum absolute atomic E-state index is 11.8. The zero-order valence-electron chi connectivity index (χ0n) is 12.5. The summed E-state index contributed by atoms with van der Waals surface area (Å²) in [4.78, 5) is 15.9. The highest BCUT2D eigenvalue weighted by Gasteiger charge is 2.04. The normalized spacial score (nSPS) is 10.5. The number of thioether (sulfide) groups is 1. The zero-order valence-corrected chi connectivity index (χ0v) is 14.2. The van der Waals surface area contributed by atoms with E-state index >= 15 is 0 Å². The van der Waals surface area contributed by atoms with Crippen LogP contribution in [0.4, 0.5) is 5.69 Å². The molecule has 5 nitrogen and oxygen atoms in total. The Balaban J connectivity index is 1.70. The van der Waals surface area contributed by atoms with E-state index in [0.717, 1.165) is 16.9 Å². The SMILES string of the molecule is Cc1ccc(NC(=O)CSC(=S)N/N=C/c2ccccn2)cc1. The molecule has 0 atom stereocenters. The number of hydrogen-bond donors (Lipinski definition) is 2. The molecule has 1 amide bonds. The van der Waals surface area contributed by atoms with Crippen LogP contribution in [-0.2, 0) is 4.79 Å². The zero-order chi connectivity index (χ0) is 16.5. The van der Waals surface area contributed by atoms with Gasteiger partial charge >= 0.3 is 0 Å². The Kier molecular flexibility index (Phi) is 6.71. The van der Waals surface area contributed by atoms with E-state index in [2.05, 4.69) is 20.8 Å². The number of nitrogens with one attached hydrogen (secondary N) is 2. The molecule has 0 saturated heterocycles. The predicted molar refractivity (Wildman–Crippen MR) is 99.8 cm³/mol. The predicted octanol–water partition coefficient (Wildman–Crippen LogP) is 2.97. The van der Waals surface area contributed by atoms with Gasteiger partial charge in [0.25, 0.3) is 0 Å². The van der Waals surface area contributed by atoms with Crippen molar-refractivity contribution in [2.45, 2.75) is 6.92 Å². The van der Waals surface area contributed by atoms with E-state index in [1.165, 1.54) is 11.8 Å². The number of rotatable bonds is 5. The van der Waals surface area contributed by atoms with Crippen molar-refractivity contribution >= 4 is 46.1 Å². The van der Waals surface area contributed by atoms with Gasteiger partial charge in [-0.05, 0) is 31.2 Å². The molecule has 7 heteroatoms.